The second kappa shape index (κ2) is 6.49. The number of aliphatic imine (C=N–C) groups is 1. The second-order valence-corrected chi connectivity index (χ2v) is 5.98. The fraction of sp³-hybridized carbons (Fsp3) is 0.167. The van der Waals surface area contributed by atoms with Gasteiger partial charge in [0.15, 0.2) is 0 Å². The lowest BCUT2D eigenvalue weighted by atomic mass is 9.99. The van der Waals surface area contributed by atoms with Crippen molar-refractivity contribution >= 4 is 35.7 Å². The quantitative estimate of drug-likeness (QED) is 0.444. The highest BCUT2D eigenvalue weighted by Gasteiger charge is 2.24. The normalized spacial score (nSPS) is 13.9. The van der Waals surface area contributed by atoms with Crippen LogP contribution in [0.5, 0.6) is 5.75 Å². The Kier molecular flexibility index (Phi) is 4.40. The van der Waals surface area contributed by atoms with Gasteiger partial charge in [-0.05, 0) is 37.3 Å². The summed E-state index contributed by atoms with van der Waals surface area (Å²) in [6.45, 7) is 1.88. The summed E-state index contributed by atoms with van der Waals surface area (Å²) in [7, 11) is 1.62. The smallest absolute Gasteiger partial charge is 0.128 e. The molecule has 2 N–H and O–H groups in total. The first kappa shape index (κ1) is 16.3. The molecule has 0 bridgehead atoms. The van der Waals surface area contributed by atoms with Crippen LogP contribution in [0.15, 0.2) is 52.4 Å². The third-order valence-electron chi connectivity index (χ3n) is 3.83. The Labute approximate surface area is 146 Å². The van der Waals surface area contributed by atoms with E-state index in [1.807, 2.05) is 42.5 Å². The van der Waals surface area contributed by atoms with Gasteiger partial charge in [0.2, 0.25) is 0 Å². The first-order valence-electron chi connectivity index (χ1n) is 7.46. The number of thiol groups is 1. The molecule has 1 aliphatic rings. The summed E-state index contributed by atoms with van der Waals surface area (Å²) in [5.41, 5.74) is 3.33. The minimum Gasteiger partial charge on any atom is -0.497 e. The van der Waals surface area contributed by atoms with E-state index in [2.05, 4.69) is 17.6 Å². The molecule has 0 saturated carbocycles. The molecule has 0 unspecified atom stereocenters. The molecular weight excluding hydrogens is 320 g/mol. The SMILES string of the molecule is COc1ccc2c(c1)C(c1ccc(S)cc1)=NCC(=N)N2C(C)=N. The third-order valence-corrected chi connectivity index (χ3v) is 4.13. The minimum atomic E-state index is 0.213. The zero-order chi connectivity index (χ0) is 17.3. The van der Waals surface area contributed by atoms with Crippen molar-refractivity contribution in [1.82, 2.24) is 0 Å². The summed E-state index contributed by atoms with van der Waals surface area (Å²) in [5.74, 6) is 1.27. The molecule has 0 aromatic heterocycles. The van der Waals surface area contributed by atoms with Crippen molar-refractivity contribution in [3.63, 3.8) is 0 Å². The van der Waals surface area contributed by atoms with E-state index in [9.17, 15) is 0 Å². The Morgan fingerprint density at radius 3 is 2.54 bits per heavy atom. The molecule has 0 spiro atoms. The van der Waals surface area contributed by atoms with Gasteiger partial charge in [0.25, 0.3) is 0 Å². The van der Waals surface area contributed by atoms with E-state index < -0.39 is 0 Å². The maximum absolute atomic E-state index is 8.27. The van der Waals surface area contributed by atoms with Crippen molar-refractivity contribution in [3.05, 3.63) is 53.6 Å². The van der Waals surface area contributed by atoms with E-state index in [-0.39, 0.29) is 18.2 Å². The molecule has 24 heavy (non-hydrogen) atoms. The maximum Gasteiger partial charge on any atom is 0.128 e. The number of rotatable bonds is 2. The number of hydrogen-bond acceptors (Lipinski definition) is 5. The van der Waals surface area contributed by atoms with Crippen molar-refractivity contribution in [3.8, 4) is 5.75 Å². The highest BCUT2D eigenvalue weighted by Crippen LogP contribution is 2.31. The summed E-state index contributed by atoms with van der Waals surface area (Å²) in [4.78, 5) is 7.11. The van der Waals surface area contributed by atoms with Crippen LogP contribution in [0.25, 0.3) is 0 Å². The molecule has 0 atom stereocenters. The number of fused-ring (bicyclic) bond motifs is 1. The average molecular weight is 338 g/mol. The molecule has 0 amide bonds. The lowest BCUT2D eigenvalue weighted by Gasteiger charge is -2.24. The van der Waals surface area contributed by atoms with Gasteiger partial charge in [0.05, 0.1) is 25.1 Å². The van der Waals surface area contributed by atoms with Crippen LogP contribution in [0.1, 0.15) is 18.1 Å². The summed E-state index contributed by atoms with van der Waals surface area (Å²) in [6.07, 6.45) is 0. The Morgan fingerprint density at radius 2 is 1.92 bits per heavy atom. The lowest BCUT2D eigenvalue weighted by molar-refractivity contribution is 0.415. The number of methoxy groups -OCH3 is 1. The van der Waals surface area contributed by atoms with Crippen molar-refractivity contribution in [1.29, 1.82) is 10.8 Å². The fourth-order valence-corrected chi connectivity index (χ4v) is 2.88. The molecule has 2 aromatic rings. The molecule has 122 valence electrons. The van der Waals surface area contributed by atoms with Crippen LogP contribution in [-0.4, -0.2) is 31.0 Å². The summed E-state index contributed by atoms with van der Waals surface area (Å²) >= 11 is 4.33. The first-order valence-corrected chi connectivity index (χ1v) is 7.91. The van der Waals surface area contributed by atoms with Gasteiger partial charge >= 0.3 is 0 Å². The van der Waals surface area contributed by atoms with Crippen molar-refractivity contribution in [2.75, 3.05) is 18.6 Å². The monoisotopic (exact) mass is 338 g/mol. The zero-order valence-electron chi connectivity index (χ0n) is 13.5. The van der Waals surface area contributed by atoms with Gasteiger partial charge in [-0.25, -0.2) is 0 Å². The predicted octanol–water partition coefficient (Wildman–Crippen LogP) is 3.62. The van der Waals surface area contributed by atoms with E-state index in [1.165, 1.54) is 0 Å². The van der Waals surface area contributed by atoms with Gasteiger partial charge < -0.3 is 4.74 Å². The number of ether oxygens (including phenoxy) is 1. The standard InChI is InChI=1S/C18H18N4OS/c1-11(19)22-16-8-5-13(23-2)9-15(16)18(21-10-17(22)20)12-3-6-14(24)7-4-12/h3-9,19-20,24H,10H2,1-2H3. The molecule has 1 aliphatic heterocycles. The van der Waals surface area contributed by atoms with Crippen LogP contribution < -0.4 is 9.64 Å². The van der Waals surface area contributed by atoms with E-state index >= 15 is 0 Å². The second-order valence-electron chi connectivity index (χ2n) is 5.46. The van der Waals surface area contributed by atoms with Crippen molar-refractivity contribution in [2.24, 2.45) is 4.99 Å². The van der Waals surface area contributed by atoms with E-state index in [0.717, 1.165) is 27.4 Å². The number of hydrogen-bond donors (Lipinski definition) is 3. The predicted molar refractivity (Wildman–Crippen MR) is 101 cm³/mol. The van der Waals surface area contributed by atoms with E-state index in [4.69, 9.17) is 15.6 Å². The van der Waals surface area contributed by atoms with Crippen molar-refractivity contribution in [2.45, 2.75) is 11.8 Å². The molecule has 1 heterocycles. The number of amidine groups is 2. The summed E-state index contributed by atoms with van der Waals surface area (Å²) < 4.78 is 5.35. The van der Waals surface area contributed by atoms with Crippen LogP contribution in [-0.2, 0) is 0 Å². The Morgan fingerprint density at radius 1 is 1.21 bits per heavy atom. The Balaban J connectivity index is 2.23. The minimum absolute atomic E-state index is 0.213. The number of nitrogens with one attached hydrogen (secondary N) is 2. The van der Waals surface area contributed by atoms with Gasteiger partial charge in [-0.3, -0.25) is 20.7 Å². The first-order chi connectivity index (χ1) is 11.5. The largest absolute Gasteiger partial charge is 0.497 e. The van der Waals surface area contributed by atoms with Gasteiger partial charge in [-0.2, -0.15) is 0 Å². The third kappa shape index (κ3) is 2.92. The van der Waals surface area contributed by atoms with Gasteiger partial charge in [0, 0.05) is 16.0 Å². The van der Waals surface area contributed by atoms with Crippen LogP contribution in [0.3, 0.4) is 0 Å². The molecule has 3 rings (SSSR count). The number of anilines is 1. The van der Waals surface area contributed by atoms with Gasteiger partial charge in [-0.15, -0.1) is 12.6 Å². The molecule has 0 fully saturated rings. The number of benzodiazepines with no additional fused rings is 1. The van der Waals surface area contributed by atoms with E-state index in [0.29, 0.717) is 5.75 Å². The summed E-state index contributed by atoms with van der Waals surface area (Å²) in [6, 6.07) is 13.4. The zero-order valence-corrected chi connectivity index (χ0v) is 14.4. The molecule has 2 aromatic carbocycles. The number of benzene rings is 2. The topological polar surface area (TPSA) is 72.5 Å². The summed E-state index contributed by atoms with van der Waals surface area (Å²) in [5, 5.41) is 16.3. The highest BCUT2D eigenvalue weighted by atomic mass is 32.1. The molecule has 5 nitrogen and oxygen atoms in total. The average Bonchev–Trinajstić information content (AvgIpc) is 2.71. The number of nitrogens with zero attached hydrogens (tertiary/aromatic N) is 2. The lowest BCUT2D eigenvalue weighted by Crippen LogP contribution is -2.35. The van der Waals surface area contributed by atoms with Crippen LogP contribution in [0.4, 0.5) is 5.69 Å². The Hall–Kier alpha value is -2.60. The Bertz CT molecular complexity index is 843. The van der Waals surface area contributed by atoms with E-state index in [1.54, 1.807) is 18.9 Å². The van der Waals surface area contributed by atoms with Gasteiger partial charge in [-0.1, -0.05) is 12.1 Å². The molecular formula is C18H18N4OS. The molecule has 0 radical (unpaired) electrons. The van der Waals surface area contributed by atoms with Crippen molar-refractivity contribution < 1.29 is 4.74 Å². The molecule has 0 saturated heterocycles. The van der Waals surface area contributed by atoms with Gasteiger partial charge in [0.1, 0.15) is 17.4 Å². The maximum atomic E-state index is 8.27. The molecule has 6 heteroatoms. The van der Waals surface area contributed by atoms with Crippen LogP contribution in [0.2, 0.25) is 0 Å². The fourth-order valence-electron chi connectivity index (χ4n) is 2.73. The highest BCUT2D eigenvalue weighted by molar-refractivity contribution is 7.80. The molecule has 0 aliphatic carbocycles. The van der Waals surface area contributed by atoms with Crippen LogP contribution in [0, 0.1) is 10.8 Å². The van der Waals surface area contributed by atoms with Crippen LogP contribution >= 0.6 is 12.6 Å².